The molecule has 2 N–H and O–H groups in total. The smallest absolute Gasteiger partial charge is 0.161 e. The Labute approximate surface area is 227 Å². The summed E-state index contributed by atoms with van der Waals surface area (Å²) < 4.78 is 23.0. The van der Waals surface area contributed by atoms with E-state index < -0.39 is 6.10 Å². The third kappa shape index (κ3) is 5.90. The van der Waals surface area contributed by atoms with Crippen LogP contribution in [0.15, 0.2) is 59.1 Å². The number of ether oxygens (including phenoxy) is 3. The summed E-state index contributed by atoms with van der Waals surface area (Å²) in [6.45, 7) is 1.86. The Kier molecular flexibility index (Phi) is 8.10. The van der Waals surface area contributed by atoms with Gasteiger partial charge in [0.25, 0.3) is 0 Å². The van der Waals surface area contributed by atoms with Gasteiger partial charge in [-0.1, -0.05) is 12.1 Å². The number of hydrogen-bond donors (Lipinski definition) is 2. The van der Waals surface area contributed by atoms with Crippen LogP contribution in [0.25, 0.3) is 33.6 Å². The second kappa shape index (κ2) is 11.8. The number of hydrogen-bond acceptors (Lipinski definition) is 9. The molecule has 2 aromatic carbocycles. The maximum Gasteiger partial charge on any atom is 0.161 e. The Morgan fingerprint density at radius 3 is 2.79 bits per heavy atom. The van der Waals surface area contributed by atoms with Gasteiger partial charge in [0, 0.05) is 24.4 Å². The fraction of sp³-hybridized carbons (Fsp3) is 0.333. The van der Waals surface area contributed by atoms with Gasteiger partial charge in [0.05, 0.1) is 56.0 Å². The minimum Gasteiger partial charge on any atom is -0.496 e. The molecule has 39 heavy (non-hydrogen) atoms. The number of rotatable bonds is 9. The Hall–Kier alpha value is -3.94. The molecule has 1 fully saturated rings. The van der Waals surface area contributed by atoms with Gasteiger partial charge in [-0.3, -0.25) is 9.88 Å². The highest BCUT2D eigenvalue weighted by atomic mass is 16.5. The van der Waals surface area contributed by atoms with Crippen LogP contribution in [-0.4, -0.2) is 68.3 Å². The minimum atomic E-state index is -0.622. The molecule has 4 aromatic rings. The Morgan fingerprint density at radius 2 is 2.03 bits per heavy atom. The number of nitrogens with zero attached hydrogens (tertiary/aromatic N) is 3. The highest BCUT2D eigenvalue weighted by Gasteiger charge is 2.24. The molecule has 0 radical (unpaired) electrons. The average molecular weight is 529 g/mol. The van der Waals surface area contributed by atoms with Crippen LogP contribution >= 0.6 is 0 Å². The summed E-state index contributed by atoms with van der Waals surface area (Å²) in [5.74, 6) is 1.31. The first-order chi connectivity index (χ1) is 19.0. The molecule has 9 nitrogen and oxygen atoms in total. The molecule has 5 rings (SSSR count). The molecule has 2 aromatic heterocycles. The summed E-state index contributed by atoms with van der Waals surface area (Å²) in [4.78, 5) is 6.48. The summed E-state index contributed by atoms with van der Waals surface area (Å²) in [6.07, 6.45) is 1.78. The van der Waals surface area contributed by atoms with Crippen molar-refractivity contribution in [1.29, 1.82) is 5.26 Å². The van der Waals surface area contributed by atoms with Crippen molar-refractivity contribution >= 4 is 16.8 Å². The van der Waals surface area contributed by atoms with E-state index in [1.807, 2.05) is 67.5 Å². The van der Waals surface area contributed by atoms with Gasteiger partial charge in [0.1, 0.15) is 23.1 Å². The van der Waals surface area contributed by atoms with Gasteiger partial charge >= 0.3 is 0 Å². The van der Waals surface area contributed by atoms with Crippen molar-refractivity contribution in [3.05, 3.63) is 65.9 Å². The van der Waals surface area contributed by atoms with Gasteiger partial charge in [-0.25, -0.2) is 0 Å². The number of anilines is 1. The number of benzene rings is 2. The third-order valence-corrected chi connectivity index (χ3v) is 6.68. The number of aliphatic hydroxyl groups excluding tert-OH is 1. The van der Waals surface area contributed by atoms with Crippen molar-refractivity contribution in [3.8, 4) is 34.3 Å². The number of aliphatic hydroxyl groups is 1. The SMILES string of the molecule is COc1cc(COCN(C)C)ccc1-c1cc2nccc(-c3ccc(NC4CCOCC4O)c(C#N)c3)c2o1. The molecule has 9 heteroatoms. The predicted octanol–water partition coefficient (Wildman–Crippen LogP) is 4.64. The number of nitrogens with one attached hydrogen (secondary N) is 1. The van der Waals surface area contributed by atoms with Gasteiger partial charge in [0.15, 0.2) is 5.58 Å². The molecule has 1 saturated heterocycles. The van der Waals surface area contributed by atoms with Crippen LogP contribution in [-0.2, 0) is 16.1 Å². The van der Waals surface area contributed by atoms with E-state index in [0.29, 0.717) is 60.2 Å². The van der Waals surface area contributed by atoms with E-state index in [-0.39, 0.29) is 12.6 Å². The van der Waals surface area contributed by atoms with Crippen molar-refractivity contribution in [3.63, 3.8) is 0 Å². The predicted molar refractivity (Wildman–Crippen MR) is 148 cm³/mol. The molecule has 0 spiro atoms. The second-order valence-electron chi connectivity index (χ2n) is 9.83. The molecule has 202 valence electrons. The Bertz CT molecular complexity index is 1490. The lowest BCUT2D eigenvalue weighted by atomic mass is 10.0. The third-order valence-electron chi connectivity index (χ3n) is 6.68. The first-order valence-electron chi connectivity index (χ1n) is 12.8. The normalized spacial score (nSPS) is 17.3. The monoisotopic (exact) mass is 528 g/mol. The topological polar surface area (TPSA) is 113 Å². The van der Waals surface area contributed by atoms with Gasteiger partial charge in [-0.05, 0) is 62.0 Å². The molecular formula is C30H32N4O5. The fourth-order valence-electron chi connectivity index (χ4n) is 4.69. The second-order valence-corrected chi connectivity index (χ2v) is 9.83. The van der Waals surface area contributed by atoms with Crippen LogP contribution in [0.5, 0.6) is 5.75 Å². The molecule has 1 aliphatic rings. The van der Waals surface area contributed by atoms with Crippen molar-refractivity contribution in [1.82, 2.24) is 9.88 Å². The lowest BCUT2D eigenvalue weighted by Crippen LogP contribution is -2.41. The minimum absolute atomic E-state index is 0.169. The van der Waals surface area contributed by atoms with E-state index in [1.165, 1.54) is 0 Å². The molecule has 0 amide bonds. The quantitative estimate of drug-likeness (QED) is 0.300. The van der Waals surface area contributed by atoms with E-state index in [4.69, 9.17) is 18.6 Å². The van der Waals surface area contributed by atoms with Gasteiger partial charge in [-0.15, -0.1) is 0 Å². The molecule has 0 saturated carbocycles. The molecule has 2 atom stereocenters. The molecule has 2 unspecified atom stereocenters. The number of fused-ring (bicyclic) bond motifs is 1. The Morgan fingerprint density at radius 1 is 1.15 bits per heavy atom. The number of nitriles is 1. The lowest BCUT2D eigenvalue weighted by molar-refractivity contribution is -0.0134. The first kappa shape index (κ1) is 26.7. The molecule has 0 bridgehead atoms. The van der Waals surface area contributed by atoms with Gasteiger partial charge in [0.2, 0.25) is 0 Å². The number of methoxy groups -OCH3 is 1. The zero-order valence-electron chi connectivity index (χ0n) is 22.3. The first-order valence-corrected chi connectivity index (χ1v) is 12.8. The van der Waals surface area contributed by atoms with E-state index in [9.17, 15) is 10.4 Å². The zero-order chi connectivity index (χ0) is 27.4. The lowest BCUT2D eigenvalue weighted by Gasteiger charge is -2.29. The van der Waals surface area contributed by atoms with Crippen LogP contribution < -0.4 is 10.1 Å². The number of furan rings is 1. The molecule has 3 heterocycles. The standard InChI is InChI=1S/C30H32N4O5/c1-34(2)18-38-16-19-4-6-23(28(12-19)36-3)29-14-26-30(39-29)22(8-10-32-26)20-5-7-24(21(13-20)15-31)33-25-9-11-37-17-27(25)35/h4-8,10,12-14,25,27,33,35H,9,11,16-18H2,1-3H3. The van der Waals surface area contributed by atoms with E-state index in [1.54, 1.807) is 13.3 Å². The van der Waals surface area contributed by atoms with Crippen LogP contribution in [0, 0.1) is 11.3 Å². The summed E-state index contributed by atoms with van der Waals surface area (Å²) >= 11 is 0. The maximum absolute atomic E-state index is 10.2. The molecular weight excluding hydrogens is 496 g/mol. The van der Waals surface area contributed by atoms with Crippen LogP contribution in [0.4, 0.5) is 5.69 Å². The van der Waals surface area contributed by atoms with Crippen LogP contribution in [0.2, 0.25) is 0 Å². The van der Waals surface area contributed by atoms with Crippen LogP contribution in [0.3, 0.4) is 0 Å². The highest BCUT2D eigenvalue weighted by molar-refractivity contribution is 5.93. The average Bonchev–Trinajstić information content (AvgIpc) is 3.38. The van der Waals surface area contributed by atoms with Crippen molar-refractivity contribution < 1.29 is 23.7 Å². The van der Waals surface area contributed by atoms with Crippen molar-refractivity contribution in [2.24, 2.45) is 0 Å². The zero-order valence-corrected chi connectivity index (χ0v) is 22.3. The van der Waals surface area contributed by atoms with E-state index >= 15 is 0 Å². The maximum atomic E-state index is 10.2. The number of pyridine rings is 1. The largest absolute Gasteiger partial charge is 0.496 e. The summed E-state index contributed by atoms with van der Waals surface area (Å²) in [6, 6.07) is 17.4. The summed E-state index contributed by atoms with van der Waals surface area (Å²) in [5.41, 5.74) is 5.95. The van der Waals surface area contributed by atoms with Crippen molar-refractivity contribution in [2.75, 3.05) is 46.5 Å². The molecule has 1 aliphatic heterocycles. The fourth-order valence-corrected chi connectivity index (χ4v) is 4.69. The highest BCUT2D eigenvalue weighted by Crippen LogP contribution is 2.38. The number of aromatic nitrogens is 1. The van der Waals surface area contributed by atoms with E-state index in [2.05, 4.69) is 16.4 Å². The summed E-state index contributed by atoms with van der Waals surface area (Å²) in [5, 5.41) is 23.4. The van der Waals surface area contributed by atoms with Crippen molar-refractivity contribution in [2.45, 2.75) is 25.2 Å². The van der Waals surface area contributed by atoms with Crippen LogP contribution in [0.1, 0.15) is 17.5 Å². The van der Waals surface area contributed by atoms with Gasteiger partial charge < -0.3 is 29.1 Å². The Balaban J connectivity index is 1.44. The summed E-state index contributed by atoms with van der Waals surface area (Å²) in [7, 11) is 5.55. The van der Waals surface area contributed by atoms with Gasteiger partial charge in [-0.2, -0.15) is 5.26 Å². The molecule has 0 aliphatic carbocycles. The van der Waals surface area contributed by atoms with E-state index in [0.717, 1.165) is 22.3 Å².